The highest BCUT2D eigenvalue weighted by Crippen LogP contribution is 2.34. The Morgan fingerprint density at radius 3 is 2.48 bits per heavy atom. The van der Waals surface area contributed by atoms with Gasteiger partial charge >= 0.3 is 6.18 Å². The van der Waals surface area contributed by atoms with Crippen molar-refractivity contribution in [1.29, 1.82) is 0 Å². The fourth-order valence-electron chi connectivity index (χ4n) is 1.57. The molecule has 8 heteroatoms. The lowest BCUT2D eigenvalue weighted by Gasteiger charge is -2.12. The molecule has 0 aliphatic rings. The van der Waals surface area contributed by atoms with E-state index in [2.05, 4.69) is 10.3 Å². The number of nitrogens with zero attached hydrogens (tertiary/aromatic N) is 1. The molecule has 21 heavy (non-hydrogen) atoms. The van der Waals surface area contributed by atoms with Crippen LogP contribution < -0.4 is 11.1 Å². The predicted octanol–water partition coefficient (Wildman–Crippen LogP) is 4.13. The van der Waals surface area contributed by atoms with Gasteiger partial charge in [-0.15, -0.1) is 0 Å². The zero-order chi connectivity index (χ0) is 15.6. The fraction of sp³-hybridized carbons (Fsp3) is 0.0769. The van der Waals surface area contributed by atoms with E-state index in [-0.39, 0.29) is 15.7 Å². The molecule has 2 rings (SSSR count). The molecular formula is C13H9ClF3N3S. The fourth-order valence-corrected chi connectivity index (χ4v) is 1.85. The summed E-state index contributed by atoms with van der Waals surface area (Å²) in [5.74, 6) is 0. The van der Waals surface area contributed by atoms with Crippen LogP contribution in [0.3, 0.4) is 0 Å². The second-order valence-electron chi connectivity index (χ2n) is 4.11. The van der Waals surface area contributed by atoms with Crippen LogP contribution in [0.15, 0.2) is 36.5 Å². The van der Waals surface area contributed by atoms with Crippen LogP contribution in [-0.4, -0.2) is 9.97 Å². The van der Waals surface area contributed by atoms with E-state index in [4.69, 9.17) is 29.6 Å². The van der Waals surface area contributed by atoms with E-state index in [1.165, 1.54) is 12.3 Å². The average molecular weight is 332 g/mol. The second-order valence-corrected chi connectivity index (χ2v) is 4.96. The van der Waals surface area contributed by atoms with E-state index in [9.17, 15) is 13.2 Å². The van der Waals surface area contributed by atoms with Crippen LogP contribution in [-0.2, 0) is 6.18 Å². The molecule has 0 fully saturated rings. The van der Waals surface area contributed by atoms with Crippen LogP contribution in [0.25, 0.3) is 0 Å². The highest BCUT2D eigenvalue weighted by molar-refractivity contribution is 7.80. The first-order valence-corrected chi connectivity index (χ1v) is 6.45. The van der Waals surface area contributed by atoms with Crippen LogP contribution in [0.5, 0.6) is 0 Å². The number of nitrogens with two attached hydrogens (primary N) is 1. The SMILES string of the molecule is NC(=S)c1ccc(Nc2cc(C(F)(F)F)ccc2Cl)cn1. The lowest BCUT2D eigenvalue weighted by atomic mass is 10.2. The van der Waals surface area contributed by atoms with Gasteiger partial charge in [0, 0.05) is 0 Å². The van der Waals surface area contributed by atoms with Crippen LogP contribution in [0, 0.1) is 0 Å². The van der Waals surface area contributed by atoms with Gasteiger partial charge in [-0.1, -0.05) is 23.8 Å². The van der Waals surface area contributed by atoms with Gasteiger partial charge in [0.15, 0.2) is 0 Å². The maximum atomic E-state index is 12.7. The number of thiocarbonyl (C=S) groups is 1. The number of anilines is 2. The molecule has 110 valence electrons. The van der Waals surface area contributed by atoms with Crippen molar-refractivity contribution in [1.82, 2.24) is 4.98 Å². The number of halogens is 4. The second kappa shape index (κ2) is 5.87. The number of benzene rings is 1. The summed E-state index contributed by atoms with van der Waals surface area (Å²) in [7, 11) is 0. The Kier molecular flexibility index (Phi) is 4.34. The van der Waals surface area contributed by atoms with Gasteiger partial charge in [0.25, 0.3) is 0 Å². The quantitative estimate of drug-likeness (QED) is 0.830. The van der Waals surface area contributed by atoms with E-state index < -0.39 is 11.7 Å². The highest BCUT2D eigenvalue weighted by atomic mass is 35.5. The highest BCUT2D eigenvalue weighted by Gasteiger charge is 2.30. The summed E-state index contributed by atoms with van der Waals surface area (Å²) in [6.07, 6.45) is -3.03. The van der Waals surface area contributed by atoms with Gasteiger partial charge in [-0.2, -0.15) is 13.2 Å². The van der Waals surface area contributed by atoms with E-state index in [0.29, 0.717) is 11.4 Å². The molecule has 0 saturated carbocycles. The molecule has 0 radical (unpaired) electrons. The molecule has 0 bridgehead atoms. The first-order chi connectivity index (χ1) is 9.77. The third kappa shape index (κ3) is 3.83. The average Bonchev–Trinajstić information content (AvgIpc) is 2.40. The monoisotopic (exact) mass is 331 g/mol. The van der Waals surface area contributed by atoms with Crippen molar-refractivity contribution in [2.24, 2.45) is 5.73 Å². The van der Waals surface area contributed by atoms with Crippen LogP contribution in [0.4, 0.5) is 24.5 Å². The summed E-state index contributed by atoms with van der Waals surface area (Å²) >= 11 is 10.6. The first kappa shape index (κ1) is 15.5. The zero-order valence-electron chi connectivity index (χ0n) is 10.4. The van der Waals surface area contributed by atoms with Gasteiger partial charge in [-0.05, 0) is 30.3 Å². The summed E-state index contributed by atoms with van der Waals surface area (Å²) in [5.41, 5.74) is 5.65. The minimum Gasteiger partial charge on any atom is -0.388 e. The van der Waals surface area contributed by atoms with Crippen molar-refractivity contribution in [3.05, 3.63) is 52.8 Å². The molecule has 1 aromatic carbocycles. The molecule has 0 aliphatic carbocycles. The molecular weight excluding hydrogens is 323 g/mol. The summed E-state index contributed by atoms with van der Waals surface area (Å²) in [6.45, 7) is 0. The van der Waals surface area contributed by atoms with E-state index in [1.807, 2.05) is 0 Å². The van der Waals surface area contributed by atoms with Gasteiger partial charge < -0.3 is 11.1 Å². The van der Waals surface area contributed by atoms with Crippen molar-refractivity contribution < 1.29 is 13.2 Å². The van der Waals surface area contributed by atoms with Gasteiger partial charge in [0.1, 0.15) is 4.99 Å². The molecule has 0 amide bonds. The van der Waals surface area contributed by atoms with Crippen LogP contribution >= 0.6 is 23.8 Å². The summed E-state index contributed by atoms with van der Waals surface area (Å²) in [5, 5.41) is 2.94. The number of alkyl halides is 3. The Morgan fingerprint density at radius 1 is 1.24 bits per heavy atom. The normalized spacial score (nSPS) is 11.2. The van der Waals surface area contributed by atoms with Gasteiger partial charge in [-0.25, -0.2) is 0 Å². The number of hydrogen-bond acceptors (Lipinski definition) is 3. The Morgan fingerprint density at radius 2 is 1.95 bits per heavy atom. The summed E-state index contributed by atoms with van der Waals surface area (Å²) < 4.78 is 38.0. The van der Waals surface area contributed by atoms with Gasteiger partial charge in [0.2, 0.25) is 0 Å². The topological polar surface area (TPSA) is 50.9 Å². The molecule has 0 saturated heterocycles. The van der Waals surface area contributed by atoms with Crippen LogP contribution in [0.1, 0.15) is 11.3 Å². The lowest BCUT2D eigenvalue weighted by Crippen LogP contribution is -2.11. The third-order valence-electron chi connectivity index (χ3n) is 2.59. The molecule has 3 N–H and O–H groups in total. The Bertz CT molecular complexity index is 671. The third-order valence-corrected chi connectivity index (χ3v) is 3.13. The maximum absolute atomic E-state index is 12.7. The number of aromatic nitrogens is 1. The van der Waals surface area contributed by atoms with Crippen molar-refractivity contribution in [2.75, 3.05) is 5.32 Å². The molecule has 1 aromatic heterocycles. The minimum atomic E-state index is -4.44. The van der Waals surface area contributed by atoms with E-state index in [1.54, 1.807) is 12.1 Å². The maximum Gasteiger partial charge on any atom is 0.416 e. The van der Waals surface area contributed by atoms with Crippen molar-refractivity contribution in [2.45, 2.75) is 6.18 Å². The first-order valence-electron chi connectivity index (χ1n) is 5.67. The standard InChI is InChI=1S/C13H9ClF3N3S/c14-9-3-1-7(13(15,16)17)5-11(9)20-8-2-4-10(12(18)21)19-6-8/h1-6,20H,(H2,18,21). The predicted molar refractivity (Wildman–Crippen MR) is 79.9 cm³/mol. The van der Waals surface area contributed by atoms with Gasteiger partial charge in [0.05, 0.1) is 33.9 Å². The van der Waals surface area contributed by atoms with Crippen LogP contribution in [0.2, 0.25) is 5.02 Å². The smallest absolute Gasteiger partial charge is 0.388 e. The Hall–Kier alpha value is -1.86. The molecule has 0 atom stereocenters. The van der Waals surface area contributed by atoms with E-state index >= 15 is 0 Å². The largest absolute Gasteiger partial charge is 0.416 e. The summed E-state index contributed by atoms with van der Waals surface area (Å²) in [6, 6.07) is 6.19. The van der Waals surface area contributed by atoms with Crippen molar-refractivity contribution >= 4 is 40.2 Å². The number of pyridine rings is 1. The van der Waals surface area contributed by atoms with E-state index in [0.717, 1.165) is 12.1 Å². The number of hydrogen-bond donors (Lipinski definition) is 2. The zero-order valence-corrected chi connectivity index (χ0v) is 12.0. The summed E-state index contributed by atoms with van der Waals surface area (Å²) in [4.78, 5) is 4.12. The number of nitrogens with one attached hydrogen (secondary N) is 1. The minimum absolute atomic E-state index is 0.136. The Labute approximate surface area is 128 Å². The molecule has 2 aromatic rings. The molecule has 1 heterocycles. The molecule has 0 aliphatic heterocycles. The Balaban J connectivity index is 2.28. The molecule has 0 spiro atoms. The van der Waals surface area contributed by atoms with Crippen molar-refractivity contribution in [3.63, 3.8) is 0 Å². The molecule has 0 unspecified atom stereocenters. The van der Waals surface area contributed by atoms with Gasteiger partial charge in [-0.3, -0.25) is 4.98 Å². The van der Waals surface area contributed by atoms with Crippen molar-refractivity contribution in [3.8, 4) is 0 Å². The number of rotatable bonds is 3. The lowest BCUT2D eigenvalue weighted by molar-refractivity contribution is -0.137. The molecule has 3 nitrogen and oxygen atoms in total.